The molecule has 4 heterocycles. The number of ether oxygens (including phenoxy) is 1. The minimum Gasteiger partial charge on any atom is -0.444 e. The Hall–Kier alpha value is -6.55. The van der Waals surface area contributed by atoms with Gasteiger partial charge in [0.05, 0.1) is 5.69 Å². The number of nitrogens with zero attached hydrogens (tertiary/aromatic N) is 6. The maximum Gasteiger partial charge on any atom is 0.410 e. The Morgan fingerprint density at radius 1 is 0.745 bits per heavy atom. The Bertz CT molecular complexity index is 2230. The molecule has 55 heavy (non-hydrogen) atoms. The number of imidazole rings is 1. The average molecular weight is 749 g/mol. The minimum atomic E-state index is -0.544. The van der Waals surface area contributed by atoms with Crippen LogP contribution in [0.1, 0.15) is 62.7 Å². The van der Waals surface area contributed by atoms with Gasteiger partial charge < -0.3 is 40.0 Å². The number of carbonyl (C=O) groups is 5. The van der Waals surface area contributed by atoms with Crippen molar-refractivity contribution in [3.8, 4) is 0 Å². The van der Waals surface area contributed by atoms with Gasteiger partial charge in [-0.15, -0.1) is 0 Å². The lowest BCUT2D eigenvalue weighted by molar-refractivity contribution is 0.0146. The second kappa shape index (κ2) is 16.2. The van der Waals surface area contributed by atoms with Crippen LogP contribution < -0.4 is 21.3 Å². The van der Waals surface area contributed by atoms with Crippen LogP contribution in [0.4, 0.5) is 22.0 Å². The molecular formula is C39H44N10O6. The molecule has 0 unspecified atom stereocenters. The molecule has 16 nitrogen and oxygen atoms in total. The normalized spacial score (nSPS) is 13.3. The number of benzene rings is 2. The third-order valence-electron chi connectivity index (χ3n) is 8.82. The molecule has 4 N–H and O–H groups in total. The monoisotopic (exact) mass is 748 g/mol. The first-order valence-corrected chi connectivity index (χ1v) is 17.8. The van der Waals surface area contributed by atoms with E-state index in [-0.39, 0.29) is 29.3 Å². The van der Waals surface area contributed by atoms with Crippen LogP contribution in [0.15, 0.2) is 79.3 Å². The van der Waals surface area contributed by atoms with Crippen molar-refractivity contribution in [3.05, 3.63) is 102 Å². The van der Waals surface area contributed by atoms with Crippen LogP contribution in [0.5, 0.6) is 0 Å². The Balaban J connectivity index is 0.959. The fraction of sp³-hybridized carbons (Fsp3) is 0.308. The number of hydrogen-bond donors (Lipinski definition) is 4. The number of amides is 5. The number of aromatic nitrogens is 4. The largest absolute Gasteiger partial charge is 0.444 e. The van der Waals surface area contributed by atoms with Crippen molar-refractivity contribution in [1.29, 1.82) is 0 Å². The summed E-state index contributed by atoms with van der Waals surface area (Å²) in [5, 5.41) is 13.0. The lowest BCUT2D eigenvalue weighted by atomic mass is 10.1. The van der Waals surface area contributed by atoms with Crippen LogP contribution in [0, 0.1) is 0 Å². The zero-order valence-electron chi connectivity index (χ0n) is 31.4. The second-order valence-corrected chi connectivity index (χ2v) is 14.2. The Kier molecular flexibility index (Phi) is 11.3. The number of pyridine rings is 1. The average Bonchev–Trinajstić information content (AvgIpc) is 3.71. The maximum atomic E-state index is 13.1. The van der Waals surface area contributed by atoms with E-state index in [1.54, 1.807) is 78.6 Å². The van der Waals surface area contributed by atoms with Gasteiger partial charge in [0.1, 0.15) is 17.0 Å². The van der Waals surface area contributed by atoms with Gasteiger partial charge in [-0.25, -0.2) is 9.78 Å². The number of carbonyl (C=O) groups excluding carboxylic acids is 5. The SMILES string of the molecule is Cn1cc(NC(=O)c2cc3ccccc3cn2)cc1C(=O)Nc1ccc(C(=O)Nc2cn(C)c(C(=O)NCCN3CCN(C(=O)OC(C)(C)C)CC3)n2)cc1. The predicted octanol–water partition coefficient (Wildman–Crippen LogP) is 4.35. The molecule has 6 rings (SSSR count). The zero-order chi connectivity index (χ0) is 39.3. The Morgan fingerprint density at radius 2 is 1.44 bits per heavy atom. The molecule has 1 aliphatic rings. The van der Waals surface area contributed by atoms with E-state index >= 15 is 0 Å². The standard InChI is InChI=1S/C39H44N10O6/c1-39(2,3)55-38(54)49-18-16-48(17-19-49)15-14-40-37(53)33-44-32(24-47(33)5)45-34(50)25-10-12-28(13-11-25)42-36(52)31-21-29(23-46(31)4)43-35(51)30-20-26-8-6-7-9-27(26)22-41-30/h6-13,20-24H,14-19H2,1-5H3,(H,40,53)(H,42,52)(H,43,51)(H,45,50). The van der Waals surface area contributed by atoms with E-state index in [4.69, 9.17) is 4.74 Å². The van der Waals surface area contributed by atoms with Crippen molar-refractivity contribution in [3.63, 3.8) is 0 Å². The minimum absolute atomic E-state index is 0.136. The molecule has 0 saturated carbocycles. The van der Waals surface area contributed by atoms with Crippen LogP contribution in [0.3, 0.4) is 0 Å². The zero-order valence-corrected chi connectivity index (χ0v) is 31.4. The van der Waals surface area contributed by atoms with Crippen LogP contribution in [0.2, 0.25) is 0 Å². The van der Waals surface area contributed by atoms with E-state index in [0.29, 0.717) is 61.9 Å². The van der Waals surface area contributed by atoms with Gasteiger partial charge in [-0.05, 0) is 62.6 Å². The molecule has 5 amide bonds. The van der Waals surface area contributed by atoms with E-state index in [1.165, 1.54) is 4.57 Å². The molecule has 0 radical (unpaired) electrons. The summed E-state index contributed by atoms with van der Waals surface area (Å²) in [4.78, 5) is 76.6. The number of aryl methyl sites for hydroxylation is 2. The highest BCUT2D eigenvalue weighted by Gasteiger charge is 2.26. The van der Waals surface area contributed by atoms with Crippen molar-refractivity contribution in [2.24, 2.45) is 14.1 Å². The van der Waals surface area contributed by atoms with Gasteiger partial charge in [0, 0.05) is 88.6 Å². The lowest BCUT2D eigenvalue weighted by Gasteiger charge is -2.35. The van der Waals surface area contributed by atoms with Crippen molar-refractivity contribution in [2.75, 3.05) is 55.2 Å². The van der Waals surface area contributed by atoms with Crippen LogP contribution in [-0.2, 0) is 18.8 Å². The van der Waals surface area contributed by atoms with E-state index in [1.807, 2.05) is 45.0 Å². The Labute approximate surface area is 317 Å². The second-order valence-electron chi connectivity index (χ2n) is 14.2. The number of rotatable bonds is 10. The first-order chi connectivity index (χ1) is 26.2. The summed E-state index contributed by atoms with van der Waals surface area (Å²) in [6.07, 6.45) is 4.50. The molecule has 5 aromatic rings. The van der Waals surface area contributed by atoms with Gasteiger partial charge >= 0.3 is 6.09 Å². The quantitative estimate of drug-likeness (QED) is 0.161. The summed E-state index contributed by atoms with van der Waals surface area (Å²) in [5.41, 5.74) is 1.21. The Morgan fingerprint density at radius 3 is 2.15 bits per heavy atom. The van der Waals surface area contributed by atoms with Crippen molar-refractivity contribution >= 4 is 57.7 Å². The topological polar surface area (TPSA) is 185 Å². The smallest absolute Gasteiger partial charge is 0.410 e. The molecule has 3 aromatic heterocycles. The third kappa shape index (κ3) is 9.71. The first-order valence-electron chi connectivity index (χ1n) is 17.8. The van der Waals surface area contributed by atoms with Gasteiger partial charge in [-0.2, -0.15) is 0 Å². The summed E-state index contributed by atoms with van der Waals surface area (Å²) in [7, 11) is 3.36. The fourth-order valence-corrected chi connectivity index (χ4v) is 5.97. The van der Waals surface area contributed by atoms with E-state index in [9.17, 15) is 24.0 Å². The molecule has 0 spiro atoms. The molecule has 2 aromatic carbocycles. The number of hydrogen-bond acceptors (Lipinski definition) is 9. The highest BCUT2D eigenvalue weighted by Crippen LogP contribution is 2.19. The molecular weight excluding hydrogens is 704 g/mol. The first kappa shape index (κ1) is 38.2. The van der Waals surface area contributed by atoms with Gasteiger partial charge in [0.25, 0.3) is 23.6 Å². The fourth-order valence-electron chi connectivity index (χ4n) is 5.97. The molecule has 16 heteroatoms. The number of piperazine rings is 1. The van der Waals surface area contributed by atoms with E-state index in [2.05, 4.69) is 36.1 Å². The third-order valence-corrected chi connectivity index (χ3v) is 8.82. The van der Waals surface area contributed by atoms with Gasteiger partial charge in [-0.3, -0.25) is 29.1 Å². The van der Waals surface area contributed by atoms with Crippen LogP contribution in [-0.4, -0.2) is 103 Å². The van der Waals surface area contributed by atoms with E-state index < -0.39 is 23.3 Å². The lowest BCUT2D eigenvalue weighted by Crippen LogP contribution is -2.51. The van der Waals surface area contributed by atoms with Crippen LogP contribution >= 0.6 is 0 Å². The van der Waals surface area contributed by atoms with Gasteiger partial charge in [0.15, 0.2) is 5.82 Å². The van der Waals surface area contributed by atoms with Crippen molar-refractivity contribution in [2.45, 2.75) is 26.4 Å². The molecule has 286 valence electrons. The number of nitrogens with one attached hydrogen (secondary N) is 4. The van der Waals surface area contributed by atoms with E-state index in [0.717, 1.165) is 10.8 Å². The highest BCUT2D eigenvalue weighted by molar-refractivity contribution is 6.08. The summed E-state index contributed by atoms with van der Waals surface area (Å²) >= 11 is 0. The molecule has 0 bridgehead atoms. The molecule has 0 atom stereocenters. The summed E-state index contributed by atoms with van der Waals surface area (Å²) in [6.45, 7) is 8.94. The number of fused-ring (bicyclic) bond motifs is 1. The van der Waals surface area contributed by atoms with Crippen LogP contribution in [0.25, 0.3) is 10.8 Å². The molecule has 1 aliphatic heterocycles. The van der Waals surface area contributed by atoms with Gasteiger partial charge in [-0.1, -0.05) is 24.3 Å². The molecule has 1 fully saturated rings. The van der Waals surface area contributed by atoms with Crippen molar-refractivity contribution in [1.82, 2.24) is 34.2 Å². The summed E-state index contributed by atoms with van der Waals surface area (Å²) in [6, 6.07) is 17.2. The van der Waals surface area contributed by atoms with Gasteiger partial charge in [0.2, 0.25) is 5.82 Å². The van der Waals surface area contributed by atoms with Crippen molar-refractivity contribution < 1.29 is 28.7 Å². The summed E-state index contributed by atoms with van der Waals surface area (Å²) < 4.78 is 8.58. The predicted molar refractivity (Wildman–Crippen MR) is 207 cm³/mol. The molecule has 0 aliphatic carbocycles. The highest BCUT2D eigenvalue weighted by atomic mass is 16.6. The molecule has 1 saturated heterocycles. The number of anilines is 3. The maximum absolute atomic E-state index is 13.1. The summed E-state index contributed by atoms with van der Waals surface area (Å²) in [5.74, 6) is -1.30.